The lowest BCUT2D eigenvalue weighted by Gasteiger charge is -2.01. The van der Waals surface area contributed by atoms with Gasteiger partial charge in [0.25, 0.3) is 0 Å². The van der Waals surface area contributed by atoms with E-state index in [-0.39, 0.29) is 11.8 Å². The van der Waals surface area contributed by atoms with Crippen LogP contribution in [0.1, 0.15) is 43.5 Å². The summed E-state index contributed by atoms with van der Waals surface area (Å²) < 4.78 is 1.80. The minimum atomic E-state index is 0.0830. The molecule has 0 aliphatic heterocycles. The molecule has 0 spiro atoms. The SMILES string of the molecule is CCCn1cc(C(=O)CCC(C)N)cn1. The van der Waals surface area contributed by atoms with Crippen LogP contribution in [-0.4, -0.2) is 21.6 Å². The molecule has 0 saturated heterocycles. The van der Waals surface area contributed by atoms with E-state index in [1.807, 2.05) is 13.1 Å². The van der Waals surface area contributed by atoms with Gasteiger partial charge in [-0.25, -0.2) is 0 Å². The first-order chi connectivity index (χ1) is 7.13. The molecule has 1 rings (SSSR count). The number of nitrogens with two attached hydrogens (primary N) is 1. The molecule has 1 atom stereocenters. The van der Waals surface area contributed by atoms with E-state index in [9.17, 15) is 4.79 Å². The molecular weight excluding hydrogens is 190 g/mol. The first-order valence-corrected chi connectivity index (χ1v) is 5.44. The first kappa shape index (κ1) is 11.9. The second kappa shape index (κ2) is 5.66. The van der Waals surface area contributed by atoms with Crippen LogP contribution >= 0.6 is 0 Å². The normalized spacial score (nSPS) is 12.7. The lowest BCUT2D eigenvalue weighted by Crippen LogP contribution is -2.16. The van der Waals surface area contributed by atoms with Crippen molar-refractivity contribution in [1.29, 1.82) is 0 Å². The van der Waals surface area contributed by atoms with Gasteiger partial charge in [-0.3, -0.25) is 9.48 Å². The van der Waals surface area contributed by atoms with Crippen LogP contribution < -0.4 is 5.73 Å². The Labute approximate surface area is 90.5 Å². The number of carbonyl (C=O) groups is 1. The number of Topliss-reactive ketones (excluding diaryl/α,β-unsaturated/α-hetero) is 1. The van der Waals surface area contributed by atoms with Crippen molar-refractivity contribution in [3.05, 3.63) is 18.0 Å². The summed E-state index contributed by atoms with van der Waals surface area (Å²) in [5.74, 6) is 0.134. The lowest BCUT2D eigenvalue weighted by atomic mass is 10.1. The highest BCUT2D eigenvalue weighted by Crippen LogP contribution is 2.06. The van der Waals surface area contributed by atoms with Gasteiger partial charge in [0.2, 0.25) is 0 Å². The van der Waals surface area contributed by atoms with Crippen molar-refractivity contribution in [2.45, 2.75) is 45.7 Å². The summed E-state index contributed by atoms with van der Waals surface area (Å²) in [7, 11) is 0. The maximum Gasteiger partial charge on any atom is 0.166 e. The standard InChI is InChI=1S/C11H19N3O/c1-3-6-14-8-10(7-13-14)11(15)5-4-9(2)12/h7-9H,3-6,12H2,1-2H3. The minimum absolute atomic E-state index is 0.0830. The second-order valence-electron chi connectivity index (χ2n) is 3.93. The molecule has 1 unspecified atom stereocenters. The van der Waals surface area contributed by atoms with E-state index in [0.717, 1.165) is 19.4 Å². The Morgan fingerprint density at radius 2 is 2.40 bits per heavy atom. The van der Waals surface area contributed by atoms with Gasteiger partial charge in [0.1, 0.15) is 0 Å². The molecule has 1 aromatic rings. The van der Waals surface area contributed by atoms with Crippen molar-refractivity contribution < 1.29 is 4.79 Å². The van der Waals surface area contributed by atoms with Gasteiger partial charge in [-0.1, -0.05) is 6.92 Å². The Bertz CT molecular complexity index is 317. The van der Waals surface area contributed by atoms with E-state index in [1.54, 1.807) is 10.9 Å². The van der Waals surface area contributed by atoms with Crippen molar-refractivity contribution in [3.63, 3.8) is 0 Å². The Morgan fingerprint density at radius 1 is 1.67 bits per heavy atom. The summed E-state index contributed by atoms with van der Waals surface area (Å²) in [6, 6.07) is 0.0830. The van der Waals surface area contributed by atoms with Crippen LogP contribution in [0.5, 0.6) is 0 Å². The van der Waals surface area contributed by atoms with Gasteiger partial charge < -0.3 is 5.73 Å². The zero-order chi connectivity index (χ0) is 11.3. The molecule has 0 amide bonds. The van der Waals surface area contributed by atoms with E-state index in [1.165, 1.54) is 0 Å². The monoisotopic (exact) mass is 209 g/mol. The number of ketones is 1. The first-order valence-electron chi connectivity index (χ1n) is 5.44. The highest BCUT2D eigenvalue weighted by Gasteiger charge is 2.09. The predicted molar refractivity (Wildman–Crippen MR) is 59.7 cm³/mol. The van der Waals surface area contributed by atoms with Gasteiger partial charge in [0.15, 0.2) is 5.78 Å². The Hall–Kier alpha value is -1.16. The molecule has 4 nitrogen and oxygen atoms in total. The second-order valence-corrected chi connectivity index (χ2v) is 3.93. The number of aryl methyl sites for hydroxylation is 1. The molecule has 0 radical (unpaired) electrons. The lowest BCUT2D eigenvalue weighted by molar-refractivity contribution is 0.0978. The van der Waals surface area contributed by atoms with Gasteiger partial charge in [-0.2, -0.15) is 5.10 Å². The Morgan fingerprint density at radius 3 is 3.00 bits per heavy atom. The highest BCUT2D eigenvalue weighted by molar-refractivity contribution is 5.95. The molecule has 0 aliphatic carbocycles. The van der Waals surface area contributed by atoms with Gasteiger partial charge in [-0.15, -0.1) is 0 Å². The largest absolute Gasteiger partial charge is 0.328 e. The Kier molecular flexibility index (Phi) is 4.49. The smallest absolute Gasteiger partial charge is 0.166 e. The average molecular weight is 209 g/mol. The zero-order valence-electron chi connectivity index (χ0n) is 9.44. The van der Waals surface area contributed by atoms with E-state index in [4.69, 9.17) is 5.73 Å². The molecule has 1 aromatic heterocycles. The number of aromatic nitrogens is 2. The molecule has 15 heavy (non-hydrogen) atoms. The molecule has 84 valence electrons. The summed E-state index contributed by atoms with van der Waals surface area (Å²) in [6.07, 6.45) is 5.72. The van der Waals surface area contributed by atoms with Crippen molar-refractivity contribution >= 4 is 5.78 Å². The van der Waals surface area contributed by atoms with E-state index in [0.29, 0.717) is 12.0 Å². The zero-order valence-corrected chi connectivity index (χ0v) is 9.44. The molecule has 1 heterocycles. The maximum absolute atomic E-state index is 11.7. The summed E-state index contributed by atoms with van der Waals surface area (Å²) in [6.45, 7) is 4.85. The van der Waals surface area contributed by atoms with Crippen LogP contribution in [-0.2, 0) is 6.54 Å². The molecular formula is C11H19N3O. The third kappa shape index (κ3) is 3.83. The summed E-state index contributed by atoms with van der Waals surface area (Å²) >= 11 is 0. The fourth-order valence-corrected chi connectivity index (χ4v) is 1.36. The number of nitrogens with zero attached hydrogens (tertiary/aromatic N) is 2. The Balaban J connectivity index is 2.50. The summed E-state index contributed by atoms with van der Waals surface area (Å²) in [5.41, 5.74) is 6.30. The fourth-order valence-electron chi connectivity index (χ4n) is 1.36. The molecule has 0 aliphatic rings. The van der Waals surface area contributed by atoms with Crippen LogP contribution in [0, 0.1) is 0 Å². The van der Waals surface area contributed by atoms with Crippen molar-refractivity contribution in [2.75, 3.05) is 0 Å². The van der Waals surface area contributed by atoms with Crippen LogP contribution in [0.25, 0.3) is 0 Å². The quantitative estimate of drug-likeness (QED) is 0.724. The van der Waals surface area contributed by atoms with Gasteiger partial charge in [-0.05, 0) is 19.8 Å². The molecule has 4 heteroatoms. The highest BCUT2D eigenvalue weighted by atomic mass is 16.1. The molecule has 2 N–H and O–H groups in total. The predicted octanol–water partition coefficient (Wildman–Crippen LogP) is 1.60. The number of rotatable bonds is 6. The van der Waals surface area contributed by atoms with Crippen LogP contribution in [0.2, 0.25) is 0 Å². The van der Waals surface area contributed by atoms with E-state index >= 15 is 0 Å². The van der Waals surface area contributed by atoms with Crippen LogP contribution in [0.3, 0.4) is 0 Å². The van der Waals surface area contributed by atoms with Gasteiger partial charge >= 0.3 is 0 Å². The third-order valence-electron chi connectivity index (χ3n) is 2.23. The number of carbonyl (C=O) groups excluding carboxylic acids is 1. The number of hydrogen-bond acceptors (Lipinski definition) is 3. The summed E-state index contributed by atoms with van der Waals surface area (Å²) in [5, 5.41) is 4.12. The minimum Gasteiger partial charge on any atom is -0.328 e. The maximum atomic E-state index is 11.7. The van der Waals surface area contributed by atoms with Gasteiger partial charge in [0.05, 0.1) is 11.8 Å². The van der Waals surface area contributed by atoms with E-state index in [2.05, 4.69) is 12.0 Å². The van der Waals surface area contributed by atoms with Crippen molar-refractivity contribution in [2.24, 2.45) is 5.73 Å². The third-order valence-corrected chi connectivity index (χ3v) is 2.23. The fraction of sp³-hybridized carbons (Fsp3) is 0.636. The molecule has 0 aromatic carbocycles. The molecule has 0 bridgehead atoms. The summed E-state index contributed by atoms with van der Waals surface area (Å²) in [4.78, 5) is 11.7. The van der Waals surface area contributed by atoms with Crippen LogP contribution in [0.4, 0.5) is 0 Å². The average Bonchev–Trinajstić information content (AvgIpc) is 2.63. The molecule has 0 saturated carbocycles. The van der Waals surface area contributed by atoms with Crippen molar-refractivity contribution in [1.82, 2.24) is 9.78 Å². The topological polar surface area (TPSA) is 60.9 Å². The van der Waals surface area contributed by atoms with Crippen molar-refractivity contribution in [3.8, 4) is 0 Å². The van der Waals surface area contributed by atoms with Gasteiger partial charge in [0, 0.05) is 25.2 Å². The number of hydrogen-bond donors (Lipinski definition) is 1. The van der Waals surface area contributed by atoms with Crippen LogP contribution in [0.15, 0.2) is 12.4 Å². The molecule has 0 fully saturated rings. The van der Waals surface area contributed by atoms with E-state index < -0.39 is 0 Å².